The second kappa shape index (κ2) is 7.17. The first kappa shape index (κ1) is 18.2. The van der Waals surface area contributed by atoms with Crippen LogP contribution < -0.4 is 0 Å². The van der Waals surface area contributed by atoms with Crippen LogP contribution in [0.25, 0.3) is 0 Å². The van der Waals surface area contributed by atoms with E-state index in [1.54, 1.807) is 4.90 Å². The molecule has 23 heavy (non-hydrogen) atoms. The molecule has 1 amide bonds. The van der Waals surface area contributed by atoms with Gasteiger partial charge in [0.05, 0.1) is 5.25 Å². The van der Waals surface area contributed by atoms with Crippen LogP contribution in [0.2, 0.25) is 0 Å². The predicted octanol–water partition coefficient (Wildman–Crippen LogP) is 0.902. The minimum atomic E-state index is -3.74. The second-order valence-electron chi connectivity index (χ2n) is 6.61. The van der Waals surface area contributed by atoms with E-state index >= 15 is 0 Å². The molecule has 1 heterocycles. The van der Waals surface area contributed by atoms with E-state index in [1.165, 1.54) is 14.0 Å². The van der Waals surface area contributed by atoms with Crippen LogP contribution >= 0.6 is 0 Å². The summed E-state index contributed by atoms with van der Waals surface area (Å²) in [6, 6.07) is -1.11. The van der Waals surface area contributed by atoms with E-state index in [1.807, 2.05) is 0 Å². The van der Waals surface area contributed by atoms with Gasteiger partial charge < -0.3 is 10.0 Å². The van der Waals surface area contributed by atoms with Gasteiger partial charge in [-0.05, 0) is 32.6 Å². The van der Waals surface area contributed by atoms with Gasteiger partial charge in [0, 0.05) is 26.1 Å². The zero-order valence-corrected chi connectivity index (χ0v) is 14.6. The molecule has 2 fully saturated rings. The van der Waals surface area contributed by atoms with Crippen molar-refractivity contribution < 1.29 is 23.1 Å². The molecule has 0 aromatic rings. The van der Waals surface area contributed by atoms with Gasteiger partial charge >= 0.3 is 5.97 Å². The second-order valence-corrected chi connectivity index (χ2v) is 8.88. The average Bonchev–Trinajstić information content (AvgIpc) is 3.07. The summed E-state index contributed by atoms with van der Waals surface area (Å²) in [4.78, 5) is 25.2. The third kappa shape index (κ3) is 3.85. The van der Waals surface area contributed by atoms with Crippen LogP contribution in [-0.2, 0) is 19.6 Å². The number of hydrogen-bond donors (Lipinski definition) is 1. The average molecular weight is 346 g/mol. The lowest BCUT2D eigenvalue weighted by Crippen LogP contribution is -2.52. The molecule has 2 aliphatic rings. The lowest BCUT2D eigenvalue weighted by Gasteiger charge is -2.36. The summed E-state index contributed by atoms with van der Waals surface area (Å²) >= 11 is 0. The summed E-state index contributed by atoms with van der Waals surface area (Å²) in [6.07, 6.45) is 5.01. The molecule has 0 spiro atoms. The number of carbonyl (C=O) groups excluding carboxylic acids is 1. The molecule has 8 heteroatoms. The van der Waals surface area contributed by atoms with Gasteiger partial charge in [-0.3, -0.25) is 9.59 Å². The normalized spacial score (nSPS) is 24.8. The van der Waals surface area contributed by atoms with E-state index in [0.29, 0.717) is 19.4 Å². The molecule has 1 saturated heterocycles. The van der Waals surface area contributed by atoms with Gasteiger partial charge in [-0.2, -0.15) is 4.31 Å². The Kier molecular flexibility index (Phi) is 5.67. The maximum atomic E-state index is 12.6. The number of likely N-dealkylation sites (tertiary alicyclic amines) is 1. The fraction of sp³-hybridized carbons (Fsp3) is 0.867. The summed E-state index contributed by atoms with van der Waals surface area (Å²) < 4.78 is 26.2. The molecule has 2 unspecified atom stereocenters. The van der Waals surface area contributed by atoms with Crippen molar-refractivity contribution in [1.29, 1.82) is 0 Å². The van der Waals surface area contributed by atoms with Crippen molar-refractivity contribution in [1.82, 2.24) is 9.21 Å². The Balaban J connectivity index is 2.07. The number of sulfonamides is 1. The minimum Gasteiger partial charge on any atom is -0.480 e. The summed E-state index contributed by atoms with van der Waals surface area (Å²) in [5, 5.41) is 8.31. The summed E-state index contributed by atoms with van der Waals surface area (Å²) in [7, 11) is -2.44. The fourth-order valence-electron chi connectivity index (χ4n) is 3.42. The van der Waals surface area contributed by atoms with Crippen LogP contribution in [0, 0.1) is 5.92 Å². The number of carboxylic acid groups (broad SMARTS) is 1. The first-order valence-electron chi connectivity index (χ1n) is 8.23. The van der Waals surface area contributed by atoms with E-state index in [-0.39, 0.29) is 18.4 Å². The molecule has 0 radical (unpaired) electrons. The van der Waals surface area contributed by atoms with Crippen LogP contribution in [0.5, 0.6) is 0 Å². The Hall–Kier alpha value is -1.15. The first-order valence-corrected chi connectivity index (χ1v) is 9.74. The van der Waals surface area contributed by atoms with Crippen LogP contribution in [-0.4, -0.2) is 66.0 Å². The van der Waals surface area contributed by atoms with E-state index in [2.05, 4.69) is 0 Å². The van der Waals surface area contributed by atoms with E-state index in [0.717, 1.165) is 30.0 Å². The Labute approximate surface area is 137 Å². The summed E-state index contributed by atoms with van der Waals surface area (Å²) in [6.45, 7) is 2.12. The minimum absolute atomic E-state index is 0.0344. The highest BCUT2D eigenvalue weighted by atomic mass is 32.2. The number of nitrogens with zero attached hydrogens (tertiary/aromatic N) is 2. The molecular formula is C15H26N2O5S. The molecule has 1 aliphatic carbocycles. The van der Waals surface area contributed by atoms with Gasteiger partial charge in [-0.15, -0.1) is 0 Å². The van der Waals surface area contributed by atoms with Crippen molar-refractivity contribution in [3.8, 4) is 0 Å². The highest BCUT2D eigenvalue weighted by Crippen LogP contribution is 2.29. The van der Waals surface area contributed by atoms with Gasteiger partial charge in [-0.1, -0.05) is 12.8 Å². The van der Waals surface area contributed by atoms with Crippen molar-refractivity contribution >= 4 is 21.9 Å². The number of hydrogen-bond acceptors (Lipinski definition) is 4. The standard InChI is InChI=1S/C15H26N2O5S/c1-11(15(19)20)16(2)23(21,22)13-8-5-9-17(10-13)14(18)12-6-3-4-7-12/h11-13H,3-10H2,1-2H3,(H,19,20). The third-order valence-corrected chi connectivity index (χ3v) is 7.47. The number of carboxylic acids is 1. The van der Waals surface area contributed by atoms with Crippen molar-refractivity contribution in [2.75, 3.05) is 20.1 Å². The zero-order chi connectivity index (χ0) is 17.2. The predicted molar refractivity (Wildman–Crippen MR) is 85.3 cm³/mol. The first-order chi connectivity index (χ1) is 10.7. The molecule has 1 aliphatic heterocycles. The van der Waals surface area contributed by atoms with Crippen LogP contribution in [0.3, 0.4) is 0 Å². The van der Waals surface area contributed by atoms with Crippen molar-refractivity contribution in [3.63, 3.8) is 0 Å². The number of likely N-dealkylation sites (N-methyl/N-ethyl adjacent to an activating group) is 1. The van der Waals surface area contributed by atoms with Crippen molar-refractivity contribution in [3.05, 3.63) is 0 Å². The molecule has 132 valence electrons. The Morgan fingerprint density at radius 1 is 1.17 bits per heavy atom. The van der Waals surface area contributed by atoms with Gasteiger partial charge in [0.2, 0.25) is 15.9 Å². The maximum absolute atomic E-state index is 12.6. The largest absolute Gasteiger partial charge is 0.480 e. The lowest BCUT2D eigenvalue weighted by molar-refractivity contribution is -0.140. The van der Waals surface area contributed by atoms with E-state index in [4.69, 9.17) is 5.11 Å². The number of rotatable bonds is 5. The molecule has 2 rings (SSSR count). The number of piperidine rings is 1. The van der Waals surface area contributed by atoms with Gasteiger partial charge in [0.15, 0.2) is 0 Å². The molecule has 7 nitrogen and oxygen atoms in total. The monoisotopic (exact) mass is 346 g/mol. The Morgan fingerprint density at radius 2 is 1.78 bits per heavy atom. The number of aliphatic carboxylic acids is 1. The molecule has 1 N–H and O–H groups in total. The SMILES string of the molecule is CC(C(=O)O)N(C)S(=O)(=O)C1CCCN(C(=O)C2CCCC2)C1. The quantitative estimate of drug-likeness (QED) is 0.798. The van der Waals surface area contributed by atoms with Crippen LogP contribution in [0.4, 0.5) is 0 Å². The summed E-state index contributed by atoms with van der Waals surface area (Å²) in [5.41, 5.74) is 0. The topological polar surface area (TPSA) is 95.0 Å². The summed E-state index contributed by atoms with van der Waals surface area (Å²) in [5.74, 6) is -1.07. The van der Waals surface area contributed by atoms with Gasteiger partial charge in [-0.25, -0.2) is 8.42 Å². The maximum Gasteiger partial charge on any atom is 0.321 e. The molecule has 0 bridgehead atoms. The number of carbonyl (C=O) groups is 2. The third-order valence-electron chi connectivity index (χ3n) is 5.12. The smallest absolute Gasteiger partial charge is 0.321 e. The molecule has 0 aromatic carbocycles. The highest BCUT2D eigenvalue weighted by Gasteiger charge is 2.39. The van der Waals surface area contributed by atoms with Crippen molar-refractivity contribution in [2.24, 2.45) is 5.92 Å². The Bertz CT molecular complexity index is 556. The van der Waals surface area contributed by atoms with Crippen LogP contribution in [0.1, 0.15) is 45.4 Å². The Morgan fingerprint density at radius 3 is 2.35 bits per heavy atom. The highest BCUT2D eigenvalue weighted by molar-refractivity contribution is 7.89. The van der Waals surface area contributed by atoms with Crippen LogP contribution in [0.15, 0.2) is 0 Å². The van der Waals surface area contributed by atoms with Crippen molar-refractivity contribution in [2.45, 2.75) is 56.7 Å². The lowest BCUT2D eigenvalue weighted by atomic mass is 10.0. The molecular weight excluding hydrogens is 320 g/mol. The number of amides is 1. The molecule has 2 atom stereocenters. The zero-order valence-electron chi connectivity index (χ0n) is 13.8. The fourth-order valence-corrected chi connectivity index (χ4v) is 5.26. The molecule has 0 aromatic heterocycles. The van der Waals surface area contributed by atoms with Gasteiger partial charge in [0.25, 0.3) is 0 Å². The molecule has 1 saturated carbocycles. The van der Waals surface area contributed by atoms with E-state index < -0.39 is 27.3 Å². The van der Waals surface area contributed by atoms with Gasteiger partial charge in [0.1, 0.15) is 6.04 Å². The van der Waals surface area contributed by atoms with E-state index in [9.17, 15) is 18.0 Å².